The Morgan fingerprint density at radius 1 is 1.39 bits per heavy atom. The van der Waals surface area contributed by atoms with Gasteiger partial charge in [0.2, 0.25) is 0 Å². The second kappa shape index (κ2) is 6.83. The first kappa shape index (κ1) is 13.5. The lowest BCUT2D eigenvalue weighted by Gasteiger charge is -2.26. The highest BCUT2D eigenvalue weighted by atomic mass is 16.5. The van der Waals surface area contributed by atoms with Crippen LogP contribution in [0.1, 0.15) is 12.5 Å². The van der Waals surface area contributed by atoms with Gasteiger partial charge in [-0.2, -0.15) is 0 Å². The number of ether oxygens (including phenoxy) is 1. The first-order valence-electron chi connectivity index (χ1n) is 6.69. The Kier molecular flexibility index (Phi) is 5.11. The van der Waals surface area contributed by atoms with Crippen LogP contribution in [0.25, 0.3) is 0 Å². The molecule has 4 nitrogen and oxygen atoms in total. The third-order valence-electron chi connectivity index (χ3n) is 3.66. The average Bonchev–Trinajstić information content (AvgIpc) is 2.86. The molecular formula is C14H23N3O. The van der Waals surface area contributed by atoms with E-state index in [0.717, 1.165) is 32.8 Å². The van der Waals surface area contributed by atoms with Crippen LogP contribution in [0.2, 0.25) is 0 Å². The molecule has 1 saturated heterocycles. The van der Waals surface area contributed by atoms with Gasteiger partial charge in [-0.15, -0.1) is 0 Å². The highest BCUT2D eigenvalue weighted by molar-refractivity contribution is 5.09. The molecule has 0 aliphatic carbocycles. The van der Waals surface area contributed by atoms with Crippen molar-refractivity contribution in [3.05, 3.63) is 30.1 Å². The van der Waals surface area contributed by atoms with Crippen LogP contribution in [0.4, 0.5) is 0 Å². The largest absolute Gasteiger partial charge is 0.379 e. The number of pyridine rings is 1. The van der Waals surface area contributed by atoms with Crippen molar-refractivity contribution in [2.45, 2.75) is 19.5 Å². The van der Waals surface area contributed by atoms with E-state index in [1.807, 2.05) is 19.4 Å². The lowest BCUT2D eigenvalue weighted by atomic mass is 10.0. The standard InChI is InChI=1S/C14H23N3O/c1-3-17(8-12-4-6-16-7-5-12)9-13-10-18-11-14(13)15-2/h4-7,13-15H,3,8-11H2,1-2H3. The zero-order valence-electron chi connectivity index (χ0n) is 11.3. The normalized spacial score (nSPS) is 23.7. The van der Waals surface area contributed by atoms with Gasteiger partial charge in [-0.1, -0.05) is 6.92 Å². The van der Waals surface area contributed by atoms with Crippen molar-refractivity contribution >= 4 is 0 Å². The summed E-state index contributed by atoms with van der Waals surface area (Å²) in [6.45, 7) is 7.07. The maximum absolute atomic E-state index is 5.56. The molecule has 0 bridgehead atoms. The van der Waals surface area contributed by atoms with E-state index in [1.54, 1.807) is 0 Å². The minimum Gasteiger partial charge on any atom is -0.379 e. The van der Waals surface area contributed by atoms with Gasteiger partial charge >= 0.3 is 0 Å². The van der Waals surface area contributed by atoms with Gasteiger partial charge in [0.05, 0.1) is 13.2 Å². The molecule has 1 aromatic heterocycles. The minimum absolute atomic E-state index is 0.497. The van der Waals surface area contributed by atoms with Crippen LogP contribution in [0, 0.1) is 5.92 Å². The Bertz CT molecular complexity index is 344. The second-order valence-electron chi connectivity index (χ2n) is 4.88. The van der Waals surface area contributed by atoms with Gasteiger partial charge in [0.1, 0.15) is 0 Å². The molecular weight excluding hydrogens is 226 g/mol. The number of aromatic nitrogens is 1. The number of likely N-dealkylation sites (N-methyl/N-ethyl adjacent to an activating group) is 1. The van der Waals surface area contributed by atoms with E-state index in [2.05, 4.69) is 34.3 Å². The number of rotatable bonds is 6. The van der Waals surface area contributed by atoms with Crippen LogP contribution in [0.3, 0.4) is 0 Å². The highest BCUT2D eigenvalue weighted by Crippen LogP contribution is 2.16. The lowest BCUT2D eigenvalue weighted by molar-refractivity contribution is 0.166. The molecule has 2 rings (SSSR count). The minimum atomic E-state index is 0.497. The van der Waals surface area contributed by atoms with Gasteiger partial charge < -0.3 is 10.1 Å². The monoisotopic (exact) mass is 249 g/mol. The molecule has 0 aromatic carbocycles. The van der Waals surface area contributed by atoms with Crippen LogP contribution in [-0.4, -0.2) is 49.3 Å². The summed E-state index contributed by atoms with van der Waals surface area (Å²) in [7, 11) is 2.02. The van der Waals surface area contributed by atoms with Crippen molar-refractivity contribution in [3.8, 4) is 0 Å². The molecule has 1 aromatic rings. The van der Waals surface area contributed by atoms with Gasteiger partial charge in [0.15, 0.2) is 0 Å². The molecule has 2 unspecified atom stereocenters. The zero-order chi connectivity index (χ0) is 12.8. The fourth-order valence-corrected chi connectivity index (χ4v) is 2.48. The molecule has 0 saturated carbocycles. The van der Waals surface area contributed by atoms with Crippen LogP contribution in [-0.2, 0) is 11.3 Å². The van der Waals surface area contributed by atoms with E-state index in [9.17, 15) is 0 Å². The first-order chi connectivity index (χ1) is 8.83. The van der Waals surface area contributed by atoms with Crippen molar-refractivity contribution in [1.29, 1.82) is 0 Å². The SMILES string of the molecule is CCN(Cc1ccncc1)CC1COCC1NC. The number of nitrogens with one attached hydrogen (secondary N) is 1. The Labute approximate surface area is 109 Å². The Morgan fingerprint density at radius 3 is 2.83 bits per heavy atom. The predicted molar refractivity (Wildman–Crippen MR) is 72.3 cm³/mol. The molecule has 1 aliphatic heterocycles. The van der Waals surface area contributed by atoms with Gasteiger partial charge in [-0.3, -0.25) is 9.88 Å². The molecule has 100 valence electrons. The van der Waals surface area contributed by atoms with Crippen molar-refractivity contribution < 1.29 is 4.74 Å². The van der Waals surface area contributed by atoms with E-state index in [0.29, 0.717) is 12.0 Å². The predicted octanol–water partition coefficient (Wildman–Crippen LogP) is 1.14. The molecule has 0 radical (unpaired) electrons. The summed E-state index contributed by atoms with van der Waals surface area (Å²) >= 11 is 0. The fraction of sp³-hybridized carbons (Fsp3) is 0.643. The fourth-order valence-electron chi connectivity index (χ4n) is 2.48. The van der Waals surface area contributed by atoms with E-state index in [4.69, 9.17) is 4.74 Å². The van der Waals surface area contributed by atoms with Crippen LogP contribution in [0.15, 0.2) is 24.5 Å². The molecule has 1 fully saturated rings. The topological polar surface area (TPSA) is 37.4 Å². The molecule has 0 amide bonds. The Balaban J connectivity index is 1.89. The molecule has 1 aliphatic rings. The molecule has 1 N–H and O–H groups in total. The first-order valence-corrected chi connectivity index (χ1v) is 6.69. The van der Waals surface area contributed by atoms with E-state index < -0.39 is 0 Å². The maximum atomic E-state index is 5.56. The van der Waals surface area contributed by atoms with Crippen molar-refractivity contribution in [1.82, 2.24) is 15.2 Å². The summed E-state index contributed by atoms with van der Waals surface area (Å²) in [5, 5.41) is 3.35. The van der Waals surface area contributed by atoms with Crippen LogP contribution in [0.5, 0.6) is 0 Å². The zero-order valence-corrected chi connectivity index (χ0v) is 11.3. The molecule has 2 atom stereocenters. The third-order valence-corrected chi connectivity index (χ3v) is 3.66. The average molecular weight is 249 g/mol. The number of hydrogen-bond donors (Lipinski definition) is 1. The molecule has 18 heavy (non-hydrogen) atoms. The van der Waals surface area contributed by atoms with Crippen molar-refractivity contribution in [2.75, 3.05) is 33.4 Å². The highest BCUT2D eigenvalue weighted by Gasteiger charge is 2.28. The number of hydrogen-bond acceptors (Lipinski definition) is 4. The summed E-state index contributed by atoms with van der Waals surface area (Å²) in [5.74, 6) is 0.594. The van der Waals surface area contributed by atoms with E-state index in [-0.39, 0.29) is 0 Å². The number of nitrogens with zero attached hydrogens (tertiary/aromatic N) is 2. The van der Waals surface area contributed by atoms with Crippen LogP contribution >= 0.6 is 0 Å². The van der Waals surface area contributed by atoms with Crippen molar-refractivity contribution in [3.63, 3.8) is 0 Å². The van der Waals surface area contributed by atoms with Gasteiger partial charge in [-0.25, -0.2) is 0 Å². The quantitative estimate of drug-likeness (QED) is 0.820. The van der Waals surface area contributed by atoms with Gasteiger partial charge in [0.25, 0.3) is 0 Å². The second-order valence-corrected chi connectivity index (χ2v) is 4.88. The van der Waals surface area contributed by atoms with E-state index in [1.165, 1.54) is 5.56 Å². The smallest absolute Gasteiger partial charge is 0.0623 e. The summed E-state index contributed by atoms with van der Waals surface area (Å²) in [6.07, 6.45) is 3.72. The van der Waals surface area contributed by atoms with Gasteiger partial charge in [0, 0.05) is 37.4 Å². The van der Waals surface area contributed by atoms with Crippen molar-refractivity contribution in [2.24, 2.45) is 5.92 Å². The summed E-state index contributed by atoms with van der Waals surface area (Å²) in [4.78, 5) is 6.53. The Hall–Kier alpha value is -0.970. The molecule has 2 heterocycles. The third kappa shape index (κ3) is 3.51. The van der Waals surface area contributed by atoms with E-state index >= 15 is 0 Å². The summed E-state index contributed by atoms with van der Waals surface area (Å²) < 4.78 is 5.56. The molecule has 0 spiro atoms. The molecule has 4 heteroatoms. The van der Waals surface area contributed by atoms with Crippen LogP contribution < -0.4 is 5.32 Å². The lowest BCUT2D eigenvalue weighted by Crippen LogP contribution is -2.40. The Morgan fingerprint density at radius 2 is 2.17 bits per heavy atom. The summed E-state index contributed by atoms with van der Waals surface area (Å²) in [6, 6.07) is 4.67. The van der Waals surface area contributed by atoms with Gasteiger partial charge in [-0.05, 0) is 31.3 Å². The maximum Gasteiger partial charge on any atom is 0.0623 e. The summed E-state index contributed by atoms with van der Waals surface area (Å²) in [5.41, 5.74) is 1.33.